The molecule has 0 fully saturated rings. The van der Waals surface area contributed by atoms with Crippen LogP contribution in [0.4, 0.5) is 0 Å². The van der Waals surface area contributed by atoms with E-state index < -0.39 is 5.60 Å². The van der Waals surface area contributed by atoms with Gasteiger partial charge in [0.2, 0.25) is 0 Å². The highest BCUT2D eigenvalue weighted by molar-refractivity contribution is 5.43. The zero-order valence-electron chi connectivity index (χ0n) is 19.3. The number of methoxy groups -OCH3 is 1. The fourth-order valence-electron chi connectivity index (χ4n) is 4.21. The van der Waals surface area contributed by atoms with Gasteiger partial charge < -0.3 is 14.3 Å². The van der Waals surface area contributed by atoms with Crippen LogP contribution in [0.2, 0.25) is 0 Å². The molecule has 0 bridgehead atoms. The summed E-state index contributed by atoms with van der Waals surface area (Å²) in [5, 5.41) is 11.9. The molecule has 0 atom stereocenters. The summed E-state index contributed by atoms with van der Waals surface area (Å²) in [6.45, 7) is 4.61. The zero-order valence-corrected chi connectivity index (χ0v) is 19.3. The molecule has 0 aliphatic rings. The number of rotatable bonds is 10. The van der Waals surface area contributed by atoms with Gasteiger partial charge in [-0.05, 0) is 53.9 Å². The molecule has 4 aromatic rings. The second kappa shape index (κ2) is 10.5. The molecule has 4 heteroatoms. The molecule has 0 saturated carbocycles. The van der Waals surface area contributed by atoms with E-state index in [1.807, 2.05) is 84.9 Å². The molecule has 4 rings (SSSR count). The molecule has 0 saturated heterocycles. The van der Waals surface area contributed by atoms with Gasteiger partial charge in [0, 0.05) is 6.54 Å². The first-order valence-corrected chi connectivity index (χ1v) is 11.4. The van der Waals surface area contributed by atoms with Gasteiger partial charge in [0.25, 0.3) is 0 Å². The van der Waals surface area contributed by atoms with Crippen LogP contribution in [0.15, 0.2) is 101 Å². The van der Waals surface area contributed by atoms with Crippen molar-refractivity contribution in [2.24, 2.45) is 0 Å². The van der Waals surface area contributed by atoms with Crippen molar-refractivity contribution < 1.29 is 14.3 Å². The standard InChI is InChI=1S/C29H31NO3/c1-3-20-30(21-23-14-16-26(32-2)17-15-23)22-27-18-19-28(33-27)29(31,24-10-6-4-7-11-24)25-12-8-5-9-13-25/h4-19,31H,3,20-22H2,1-2H3. The lowest BCUT2D eigenvalue weighted by molar-refractivity contribution is 0.0952. The molecule has 0 aliphatic heterocycles. The average Bonchev–Trinajstić information content (AvgIpc) is 3.34. The second-order valence-electron chi connectivity index (χ2n) is 8.27. The summed E-state index contributed by atoms with van der Waals surface area (Å²) in [5.74, 6) is 2.21. The highest BCUT2D eigenvalue weighted by atomic mass is 16.5. The Morgan fingerprint density at radius 2 is 1.39 bits per heavy atom. The molecule has 33 heavy (non-hydrogen) atoms. The average molecular weight is 442 g/mol. The third kappa shape index (κ3) is 5.19. The van der Waals surface area contributed by atoms with E-state index in [-0.39, 0.29) is 0 Å². The summed E-state index contributed by atoms with van der Waals surface area (Å²) in [6.07, 6.45) is 1.04. The molecule has 0 spiro atoms. The number of furan rings is 1. The lowest BCUT2D eigenvalue weighted by Gasteiger charge is -2.27. The van der Waals surface area contributed by atoms with E-state index in [0.717, 1.165) is 42.1 Å². The Labute approximate surface area is 196 Å². The topological polar surface area (TPSA) is 45.8 Å². The molecule has 1 heterocycles. The number of hydrogen-bond donors (Lipinski definition) is 1. The number of nitrogens with zero attached hydrogens (tertiary/aromatic N) is 1. The predicted octanol–water partition coefficient (Wildman–Crippen LogP) is 5.98. The van der Waals surface area contributed by atoms with Gasteiger partial charge in [0.05, 0.1) is 13.7 Å². The molecule has 0 aliphatic carbocycles. The van der Waals surface area contributed by atoms with E-state index in [1.165, 1.54) is 5.56 Å². The number of hydrogen-bond acceptors (Lipinski definition) is 4. The third-order valence-corrected chi connectivity index (χ3v) is 5.89. The van der Waals surface area contributed by atoms with Crippen molar-refractivity contribution >= 4 is 0 Å². The molecular weight excluding hydrogens is 410 g/mol. The fraction of sp³-hybridized carbons (Fsp3) is 0.241. The number of benzene rings is 3. The molecule has 0 radical (unpaired) electrons. The van der Waals surface area contributed by atoms with E-state index in [1.54, 1.807) is 7.11 Å². The van der Waals surface area contributed by atoms with Crippen LogP contribution < -0.4 is 4.74 Å². The SMILES string of the molecule is CCCN(Cc1ccc(OC)cc1)Cc1ccc(C(O)(c2ccccc2)c2ccccc2)o1. The Balaban J connectivity index is 1.60. The van der Waals surface area contributed by atoms with Gasteiger partial charge in [-0.1, -0.05) is 79.7 Å². The van der Waals surface area contributed by atoms with E-state index in [4.69, 9.17) is 9.15 Å². The molecule has 170 valence electrons. The maximum atomic E-state index is 11.9. The van der Waals surface area contributed by atoms with Crippen molar-refractivity contribution in [2.75, 3.05) is 13.7 Å². The van der Waals surface area contributed by atoms with Crippen LogP contribution in [0.1, 0.15) is 41.6 Å². The monoisotopic (exact) mass is 441 g/mol. The van der Waals surface area contributed by atoms with E-state index >= 15 is 0 Å². The number of ether oxygens (including phenoxy) is 1. The highest BCUT2D eigenvalue weighted by Crippen LogP contribution is 2.37. The minimum atomic E-state index is -1.35. The molecule has 1 aromatic heterocycles. The minimum absolute atomic E-state index is 0.524. The molecule has 4 nitrogen and oxygen atoms in total. The Bertz CT molecular complexity index is 1080. The summed E-state index contributed by atoms with van der Waals surface area (Å²) in [7, 11) is 1.68. The van der Waals surface area contributed by atoms with Crippen LogP contribution in [0.5, 0.6) is 5.75 Å². The van der Waals surface area contributed by atoms with Crippen molar-refractivity contribution in [1.29, 1.82) is 0 Å². The van der Waals surface area contributed by atoms with Gasteiger partial charge in [-0.15, -0.1) is 0 Å². The maximum Gasteiger partial charge on any atom is 0.173 e. The largest absolute Gasteiger partial charge is 0.497 e. The van der Waals surface area contributed by atoms with Gasteiger partial charge >= 0.3 is 0 Å². The van der Waals surface area contributed by atoms with Gasteiger partial charge in [-0.2, -0.15) is 0 Å². The lowest BCUT2D eigenvalue weighted by Crippen LogP contribution is -2.28. The first-order chi connectivity index (χ1) is 16.1. The van der Waals surface area contributed by atoms with Gasteiger partial charge in [0.15, 0.2) is 5.60 Å². The maximum absolute atomic E-state index is 11.9. The molecular formula is C29H31NO3. The first-order valence-electron chi connectivity index (χ1n) is 11.4. The Hall–Kier alpha value is -3.34. The van der Waals surface area contributed by atoms with Crippen molar-refractivity contribution in [3.8, 4) is 5.75 Å². The molecule has 3 aromatic carbocycles. The molecule has 0 unspecified atom stereocenters. The van der Waals surface area contributed by atoms with E-state index in [9.17, 15) is 5.11 Å². The van der Waals surface area contributed by atoms with Crippen LogP contribution in [0.25, 0.3) is 0 Å². The minimum Gasteiger partial charge on any atom is -0.497 e. The zero-order chi connectivity index (χ0) is 23.1. The predicted molar refractivity (Wildman–Crippen MR) is 131 cm³/mol. The smallest absolute Gasteiger partial charge is 0.173 e. The van der Waals surface area contributed by atoms with Crippen LogP contribution >= 0.6 is 0 Å². The van der Waals surface area contributed by atoms with E-state index in [0.29, 0.717) is 12.3 Å². The van der Waals surface area contributed by atoms with Crippen molar-refractivity contribution in [2.45, 2.75) is 32.0 Å². The lowest BCUT2D eigenvalue weighted by atomic mass is 9.84. The van der Waals surface area contributed by atoms with E-state index in [2.05, 4.69) is 24.0 Å². The van der Waals surface area contributed by atoms with Gasteiger partial charge in [0.1, 0.15) is 17.3 Å². The quantitative estimate of drug-likeness (QED) is 0.329. The fourth-order valence-corrected chi connectivity index (χ4v) is 4.21. The van der Waals surface area contributed by atoms with Crippen molar-refractivity contribution in [1.82, 2.24) is 4.90 Å². The summed E-state index contributed by atoms with van der Waals surface area (Å²) in [6, 6.07) is 31.4. The van der Waals surface area contributed by atoms with Crippen LogP contribution in [-0.4, -0.2) is 23.7 Å². The molecule has 0 amide bonds. The first kappa shape index (κ1) is 22.8. The Kier molecular flexibility index (Phi) is 7.28. The third-order valence-electron chi connectivity index (χ3n) is 5.89. The summed E-state index contributed by atoms with van der Waals surface area (Å²) >= 11 is 0. The van der Waals surface area contributed by atoms with Crippen LogP contribution in [0, 0.1) is 0 Å². The summed E-state index contributed by atoms with van der Waals surface area (Å²) in [4.78, 5) is 2.36. The molecule has 1 N–H and O–H groups in total. The highest BCUT2D eigenvalue weighted by Gasteiger charge is 2.37. The van der Waals surface area contributed by atoms with Gasteiger partial charge in [-0.25, -0.2) is 0 Å². The van der Waals surface area contributed by atoms with Crippen LogP contribution in [-0.2, 0) is 18.7 Å². The van der Waals surface area contributed by atoms with Gasteiger partial charge in [-0.3, -0.25) is 4.90 Å². The summed E-state index contributed by atoms with van der Waals surface area (Å²) in [5.41, 5.74) is 1.43. The Morgan fingerprint density at radius 3 is 1.94 bits per heavy atom. The number of aliphatic hydroxyl groups is 1. The van der Waals surface area contributed by atoms with Crippen LogP contribution in [0.3, 0.4) is 0 Å². The second-order valence-corrected chi connectivity index (χ2v) is 8.27. The van der Waals surface area contributed by atoms with Crippen molar-refractivity contribution in [3.63, 3.8) is 0 Å². The Morgan fingerprint density at radius 1 is 0.788 bits per heavy atom. The normalized spacial score (nSPS) is 11.6. The van der Waals surface area contributed by atoms with Crippen molar-refractivity contribution in [3.05, 3.63) is 125 Å². The summed E-state index contributed by atoms with van der Waals surface area (Å²) < 4.78 is 11.6.